The molecule has 1 atom stereocenters. The first-order valence-corrected chi connectivity index (χ1v) is 16.6. The third-order valence-corrected chi connectivity index (χ3v) is 8.99. The van der Waals surface area contributed by atoms with E-state index in [1.807, 2.05) is 0 Å². The number of hydrogen-bond acceptors (Lipinski definition) is 13. The molecule has 3 amide bonds. The number of furan rings is 1. The number of nitrogens with zero attached hydrogens (tertiary/aromatic N) is 8. The molecule has 0 aliphatic carbocycles. The number of rotatable bonds is 7. The van der Waals surface area contributed by atoms with E-state index in [4.69, 9.17) is 19.6 Å². The number of piperazine rings is 1. The predicted molar refractivity (Wildman–Crippen MR) is 180 cm³/mol. The van der Waals surface area contributed by atoms with Gasteiger partial charge in [0.2, 0.25) is 17.8 Å². The van der Waals surface area contributed by atoms with E-state index in [0.29, 0.717) is 38.2 Å². The second kappa shape index (κ2) is 14.3. The first-order valence-electron chi connectivity index (χ1n) is 16.6. The number of amides is 3. The van der Waals surface area contributed by atoms with E-state index in [-0.39, 0.29) is 79.8 Å². The third-order valence-electron chi connectivity index (χ3n) is 8.99. The van der Waals surface area contributed by atoms with Gasteiger partial charge < -0.3 is 39.6 Å². The standard InChI is InChI=1S/C33H35F3N10O6/c1-19(47)46(26-18-38-5-12-51-26)25-16-23(33(34,35)36)22(17-39-25)29-40-31(42-32(41-29)45-10-13-50-14-11-45)44-8-6-43(7-9-44)30(49)24-15-20-3-2-4-21(28(37)48)27(20)52-24/h2-4,15-17,26,38H,5-14,18H2,1H3,(H2,37,48). The summed E-state index contributed by atoms with van der Waals surface area (Å²) in [7, 11) is 0. The molecule has 3 aromatic heterocycles. The van der Waals surface area contributed by atoms with Gasteiger partial charge in [-0.3, -0.25) is 19.3 Å². The topological polar surface area (TPSA) is 185 Å². The Morgan fingerprint density at radius 2 is 1.67 bits per heavy atom. The first-order chi connectivity index (χ1) is 25.0. The molecule has 0 radical (unpaired) electrons. The highest BCUT2D eigenvalue weighted by atomic mass is 19.4. The van der Waals surface area contributed by atoms with Crippen molar-refractivity contribution in [3.8, 4) is 11.4 Å². The molecule has 1 unspecified atom stereocenters. The Hall–Kier alpha value is -5.40. The van der Waals surface area contributed by atoms with Crippen LogP contribution in [-0.2, 0) is 20.4 Å². The summed E-state index contributed by atoms with van der Waals surface area (Å²) < 4.78 is 61.2. The molecule has 16 nitrogen and oxygen atoms in total. The van der Waals surface area contributed by atoms with Crippen molar-refractivity contribution in [2.45, 2.75) is 19.3 Å². The second-order valence-corrected chi connectivity index (χ2v) is 12.3. The molecule has 0 bridgehead atoms. The van der Waals surface area contributed by atoms with E-state index in [2.05, 4.69) is 25.3 Å². The van der Waals surface area contributed by atoms with Crippen molar-refractivity contribution >= 4 is 46.4 Å². The molecule has 3 fully saturated rings. The number of aromatic nitrogens is 4. The molecule has 7 rings (SSSR count). The quantitative estimate of drug-likeness (QED) is 0.282. The molecule has 19 heteroatoms. The van der Waals surface area contributed by atoms with Crippen LogP contribution in [0.1, 0.15) is 33.4 Å². The number of nitrogens with two attached hydrogens (primary N) is 1. The van der Waals surface area contributed by atoms with E-state index in [1.54, 1.807) is 32.9 Å². The summed E-state index contributed by atoms with van der Waals surface area (Å²) >= 11 is 0. The van der Waals surface area contributed by atoms with E-state index in [9.17, 15) is 27.6 Å². The number of para-hydroxylation sites is 1. The highest BCUT2D eigenvalue weighted by Crippen LogP contribution is 2.39. The van der Waals surface area contributed by atoms with E-state index >= 15 is 0 Å². The van der Waals surface area contributed by atoms with Crippen molar-refractivity contribution in [2.75, 3.05) is 86.9 Å². The molecule has 0 spiro atoms. The van der Waals surface area contributed by atoms with Crippen LogP contribution in [0.3, 0.4) is 0 Å². The third kappa shape index (κ3) is 7.06. The average molecular weight is 725 g/mol. The summed E-state index contributed by atoms with van der Waals surface area (Å²) in [6.07, 6.45) is -4.69. The lowest BCUT2D eigenvalue weighted by Gasteiger charge is -2.35. The fraction of sp³-hybridized carbons (Fsp3) is 0.424. The van der Waals surface area contributed by atoms with Crippen LogP contribution in [0.5, 0.6) is 0 Å². The van der Waals surface area contributed by atoms with E-state index < -0.39 is 41.3 Å². The number of pyridine rings is 1. The Morgan fingerprint density at radius 3 is 2.31 bits per heavy atom. The average Bonchev–Trinajstić information content (AvgIpc) is 3.59. The molecule has 0 saturated carbocycles. The smallest absolute Gasteiger partial charge is 0.417 e. The van der Waals surface area contributed by atoms with E-state index in [1.165, 1.54) is 13.0 Å². The van der Waals surface area contributed by atoms with Crippen LogP contribution in [0.4, 0.5) is 30.9 Å². The maximum atomic E-state index is 14.8. The number of halogens is 3. The number of nitrogens with one attached hydrogen (secondary N) is 1. The van der Waals surface area contributed by atoms with Gasteiger partial charge in [-0.2, -0.15) is 28.1 Å². The van der Waals surface area contributed by atoms with Gasteiger partial charge in [-0.25, -0.2) is 4.98 Å². The highest BCUT2D eigenvalue weighted by molar-refractivity contribution is 6.06. The van der Waals surface area contributed by atoms with Gasteiger partial charge in [0.05, 0.1) is 36.5 Å². The van der Waals surface area contributed by atoms with Crippen LogP contribution >= 0.6 is 0 Å². The summed E-state index contributed by atoms with van der Waals surface area (Å²) in [5.74, 6) is -1.76. The number of ether oxygens (including phenoxy) is 2. The molecule has 274 valence electrons. The summed E-state index contributed by atoms with van der Waals surface area (Å²) in [5.41, 5.74) is 4.37. The Morgan fingerprint density at radius 1 is 0.962 bits per heavy atom. The van der Waals surface area contributed by atoms with Crippen molar-refractivity contribution in [3.63, 3.8) is 0 Å². The van der Waals surface area contributed by atoms with Gasteiger partial charge in [-0.1, -0.05) is 12.1 Å². The normalized spacial score (nSPS) is 18.5. The van der Waals surface area contributed by atoms with Crippen LogP contribution in [0.15, 0.2) is 40.9 Å². The predicted octanol–water partition coefficient (Wildman–Crippen LogP) is 1.90. The summed E-state index contributed by atoms with van der Waals surface area (Å²) in [5, 5.41) is 3.63. The number of benzene rings is 1. The molecule has 3 N–H and O–H groups in total. The van der Waals surface area contributed by atoms with Gasteiger partial charge in [-0.15, -0.1) is 0 Å². The van der Waals surface area contributed by atoms with Crippen LogP contribution < -0.4 is 25.8 Å². The number of anilines is 3. The van der Waals surface area contributed by atoms with Crippen molar-refractivity contribution in [2.24, 2.45) is 5.73 Å². The SMILES string of the molecule is CC(=O)N(c1cc(C(F)(F)F)c(-c2nc(N3CCOCC3)nc(N3CCN(C(=O)c4cc5cccc(C(N)=O)c5o4)CC3)n2)cn1)C1CNCCO1. The number of fused-ring (bicyclic) bond motifs is 1. The summed E-state index contributed by atoms with van der Waals surface area (Å²) in [6, 6.07) is 7.23. The maximum Gasteiger partial charge on any atom is 0.417 e. The van der Waals surface area contributed by atoms with Gasteiger partial charge in [0.1, 0.15) is 11.4 Å². The zero-order valence-electron chi connectivity index (χ0n) is 28.1. The lowest BCUT2D eigenvalue weighted by Crippen LogP contribution is -2.51. The maximum absolute atomic E-state index is 14.8. The number of carbonyl (C=O) groups excluding carboxylic acids is 3. The molecular formula is C33H35F3N10O6. The van der Waals surface area contributed by atoms with Crippen LogP contribution in [0.2, 0.25) is 0 Å². The Bertz CT molecular complexity index is 1990. The largest absolute Gasteiger partial charge is 0.450 e. The molecular weight excluding hydrogens is 689 g/mol. The second-order valence-electron chi connectivity index (χ2n) is 12.3. The van der Waals surface area contributed by atoms with Crippen LogP contribution in [-0.4, -0.2) is 121 Å². The number of morpholine rings is 2. The molecule has 3 aliphatic heterocycles. The number of hydrogen-bond donors (Lipinski definition) is 2. The highest BCUT2D eigenvalue weighted by Gasteiger charge is 2.38. The van der Waals surface area contributed by atoms with Crippen LogP contribution in [0.25, 0.3) is 22.4 Å². The van der Waals surface area contributed by atoms with Crippen molar-refractivity contribution in [3.05, 3.63) is 53.4 Å². The van der Waals surface area contributed by atoms with Crippen molar-refractivity contribution < 1.29 is 41.4 Å². The fourth-order valence-electron chi connectivity index (χ4n) is 6.37. The minimum atomic E-state index is -4.87. The summed E-state index contributed by atoms with van der Waals surface area (Å²) in [6.45, 7) is 4.77. The fourth-order valence-corrected chi connectivity index (χ4v) is 6.37. The van der Waals surface area contributed by atoms with E-state index in [0.717, 1.165) is 17.2 Å². The molecule has 4 aromatic rings. The summed E-state index contributed by atoms with van der Waals surface area (Å²) in [4.78, 5) is 62.0. The zero-order chi connectivity index (χ0) is 36.6. The van der Waals surface area contributed by atoms with Gasteiger partial charge in [0.15, 0.2) is 17.8 Å². The number of alkyl halides is 3. The number of primary amides is 1. The van der Waals surface area contributed by atoms with Crippen molar-refractivity contribution in [1.29, 1.82) is 0 Å². The molecule has 1 aromatic carbocycles. The van der Waals surface area contributed by atoms with Gasteiger partial charge >= 0.3 is 6.18 Å². The zero-order valence-corrected chi connectivity index (χ0v) is 28.1. The molecule has 3 aliphatic rings. The molecule has 52 heavy (non-hydrogen) atoms. The van der Waals surface area contributed by atoms with Gasteiger partial charge in [0.25, 0.3) is 11.8 Å². The van der Waals surface area contributed by atoms with Gasteiger partial charge in [0, 0.05) is 70.9 Å². The first kappa shape index (κ1) is 35.0. The Kier molecular flexibility index (Phi) is 9.64. The lowest BCUT2D eigenvalue weighted by molar-refractivity contribution is -0.137. The van der Waals surface area contributed by atoms with Crippen molar-refractivity contribution in [1.82, 2.24) is 30.2 Å². The molecule has 3 saturated heterocycles. The Balaban J connectivity index is 1.19. The number of carbonyl (C=O) groups is 3. The lowest BCUT2D eigenvalue weighted by atomic mass is 10.1. The van der Waals surface area contributed by atoms with Gasteiger partial charge in [-0.05, 0) is 18.2 Å². The minimum Gasteiger partial charge on any atom is -0.450 e. The van der Waals surface area contributed by atoms with Crippen LogP contribution in [0, 0.1) is 0 Å². The Labute approximate surface area is 294 Å². The monoisotopic (exact) mass is 724 g/mol. The minimum absolute atomic E-state index is 0.0412. The molecule has 6 heterocycles.